The molecule has 7 heteroatoms. The largest absolute Gasteiger partial charge is 0.497 e. The summed E-state index contributed by atoms with van der Waals surface area (Å²) in [6.45, 7) is 1.95. The van der Waals surface area contributed by atoms with Crippen LogP contribution in [0.5, 0.6) is 5.75 Å². The van der Waals surface area contributed by atoms with E-state index in [0.717, 1.165) is 33.6 Å². The fraction of sp³-hybridized carbons (Fsp3) is 0.208. The number of anilines is 2. The second kappa shape index (κ2) is 7.75. The Morgan fingerprint density at radius 2 is 1.77 bits per heavy atom. The van der Waals surface area contributed by atoms with Crippen molar-refractivity contribution >= 4 is 28.6 Å². The molecule has 31 heavy (non-hydrogen) atoms. The second-order valence-electron chi connectivity index (χ2n) is 7.63. The molecule has 0 saturated carbocycles. The fourth-order valence-electron chi connectivity index (χ4n) is 4.01. The number of carbonyl (C=O) groups excluding carboxylic acids is 1. The van der Waals surface area contributed by atoms with Gasteiger partial charge in [-0.05, 0) is 43.0 Å². The van der Waals surface area contributed by atoms with E-state index in [2.05, 4.69) is 25.3 Å². The smallest absolute Gasteiger partial charge is 0.230 e. The zero-order chi connectivity index (χ0) is 21.4. The number of para-hydroxylation sites is 1. The number of ketones is 1. The first-order chi connectivity index (χ1) is 15.1. The molecule has 2 aromatic carbocycles. The molecular formula is C24H21N5O2. The maximum atomic E-state index is 12.7. The Hall–Kier alpha value is -3.87. The summed E-state index contributed by atoms with van der Waals surface area (Å²) < 4.78 is 5.23. The number of nitrogens with zero attached hydrogens (tertiary/aromatic N) is 4. The summed E-state index contributed by atoms with van der Waals surface area (Å²) >= 11 is 0. The summed E-state index contributed by atoms with van der Waals surface area (Å²) in [6.07, 6.45) is 2.72. The summed E-state index contributed by atoms with van der Waals surface area (Å²) in [5.41, 5.74) is 4.16. The van der Waals surface area contributed by atoms with Crippen LogP contribution in [-0.4, -0.2) is 32.8 Å². The lowest BCUT2D eigenvalue weighted by Crippen LogP contribution is -2.21. The van der Waals surface area contributed by atoms with Crippen molar-refractivity contribution in [2.75, 3.05) is 12.4 Å². The first-order valence-corrected chi connectivity index (χ1v) is 10.1. The highest BCUT2D eigenvalue weighted by molar-refractivity contribution is 5.98. The third-order valence-electron chi connectivity index (χ3n) is 5.64. The minimum Gasteiger partial charge on any atom is -0.497 e. The Labute approximate surface area is 179 Å². The van der Waals surface area contributed by atoms with Crippen LogP contribution in [0.4, 0.5) is 11.9 Å². The van der Waals surface area contributed by atoms with E-state index >= 15 is 0 Å². The van der Waals surface area contributed by atoms with Gasteiger partial charge in [-0.3, -0.25) is 10.1 Å². The number of rotatable bonds is 4. The van der Waals surface area contributed by atoms with Crippen molar-refractivity contribution in [1.82, 2.24) is 19.9 Å². The van der Waals surface area contributed by atoms with E-state index in [1.54, 1.807) is 13.3 Å². The van der Waals surface area contributed by atoms with Crippen molar-refractivity contribution in [2.24, 2.45) is 0 Å². The van der Waals surface area contributed by atoms with E-state index in [9.17, 15) is 4.79 Å². The summed E-state index contributed by atoms with van der Waals surface area (Å²) in [6, 6.07) is 15.7. The lowest BCUT2D eigenvalue weighted by Gasteiger charge is -2.23. The van der Waals surface area contributed by atoms with Gasteiger partial charge in [0.15, 0.2) is 5.78 Å². The SMILES string of the molecule is COc1ccc(C2CC(=O)c3cnc(Nc4nc(C)c5ccccc5n4)nc3C2)cc1. The van der Waals surface area contributed by atoms with Crippen LogP contribution in [0.3, 0.4) is 0 Å². The van der Waals surface area contributed by atoms with Crippen LogP contribution < -0.4 is 10.1 Å². The third kappa shape index (κ3) is 3.70. The van der Waals surface area contributed by atoms with Crippen LogP contribution in [0.2, 0.25) is 0 Å². The number of aryl methyl sites for hydroxylation is 1. The van der Waals surface area contributed by atoms with E-state index < -0.39 is 0 Å². The molecule has 154 valence electrons. The van der Waals surface area contributed by atoms with E-state index in [1.807, 2.05) is 55.5 Å². The molecule has 1 unspecified atom stereocenters. The molecular weight excluding hydrogens is 390 g/mol. The second-order valence-corrected chi connectivity index (χ2v) is 7.63. The van der Waals surface area contributed by atoms with Gasteiger partial charge < -0.3 is 4.74 Å². The van der Waals surface area contributed by atoms with Crippen molar-refractivity contribution in [3.05, 3.63) is 77.2 Å². The number of hydrogen-bond acceptors (Lipinski definition) is 7. The minimum atomic E-state index is 0.0615. The first-order valence-electron chi connectivity index (χ1n) is 10.1. The number of aromatic nitrogens is 4. The average Bonchev–Trinajstić information content (AvgIpc) is 2.79. The molecule has 7 nitrogen and oxygen atoms in total. The van der Waals surface area contributed by atoms with Crippen LogP contribution in [0, 0.1) is 6.92 Å². The van der Waals surface area contributed by atoms with Gasteiger partial charge in [-0.2, -0.15) is 0 Å². The molecule has 1 aliphatic rings. The summed E-state index contributed by atoms with van der Waals surface area (Å²) in [7, 11) is 1.64. The molecule has 0 spiro atoms. The van der Waals surface area contributed by atoms with Gasteiger partial charge in [0.2, 0.25) is 11.9 Å². The summed E-state index contributed by atoms with van der Waals surface area (Å²) in [5.74, 6) is 1.76. The summed E-state index contributed by atoms with van der Waals surface area (Å²) in [4.78, 5) is 30.7. The van der Waals surface area contributed by atoms with Gasteiger partial charge in [-0.25, -0.2) is 19.9 Å². The number of fused-ring (bicyclic) bond motifs is 2. The topological polar surface area (TPSA) is 89.9 Å². The zero-order valence-electron chi connectivity index (χ0n) is 17.3. The number of Topliss-reactive ketones (excluding diaryl/α,β-unsaturated/α-hetero) is 1. The maximum absolute atomic E-state index is 12.7. The molecule has 0 aliphatic heterocycles. The van der Waals surface area contributed by atoms with Crippen LogP contribution in [0.15, 0.2) is 54.7 Å². The van der Waals surface area contributed by atoms with E-state index in [-0.39, 0.29) is 11.7 Å². The molecule has 5 rings (SSSR count). The molecule has 4 aromatic rings. The summed E-state index contributed by atoms with van der Waals surface area (Å²) in [5, 5.41) is 4.11. The van der Waals surface area contributed by atoms with Gasteiger partial charge in [-0.15, -0.1) is 0 Å². The Balaban J connectivity index is 1.43. The lowest BCUT2D eigenvalue weighted by atomic mass is 9.82. The number of ether oxygens (including phenoxy) is 1. The third-order valence-corrected chi connectivity index (χ3v) is 5.64. The predicted octanol–water partition coefficient (Wildman–Crippen LogP) is 4.39. The molecule has 1 atom stereocenters. The number of hydrogen-bond donors (Lipinski definition) is 1. The van der Waals surface area contributed by atoms with Gasteiger partial charge in [0.25, 0.3) is 0 Å². The van der Waals surface area contributed by atoms with Gasteiger partial charge in [0.05, 0.1) is 29.6 Å². The van der Waals surface area contributed by atoms with Crippen LogP contribution in [0.1, 0.15) is 39.6 Å². The molecule has 1 aliphatic carbocycles. The van der Waals surface area contributed by atoms with Crippen LogP contribution in [-0.2, 0) is 6.42 Å². The Kier molecular flexibility index (Phi) is 4.78. The van der Waals surface area contributed by atoms with Gasteiger partial charge in [-0.1, -0.05) is 30.3 Å². The quantitative estimate of drug-likeness (QED) is 0.532. The first kappa shape index (κ1) is 19.1. The average molecular weight is 411 g/mol. The van der Waals surface area contributed by atoms with Gasteiger partial charge in [0.1, 0.15) is 5.75 Å². The van der Waals surface area contributed by atoms with Gasteiger partial charge >= 0.3 is 0 Å². The maximum Gasteiger partial charge on any atom is 0.230 e. The molecule has 0 radical (unpaired) electrons. The number of methoxy groups -OCH3 is 1. The molecule has 0 saturated heterocycles. The van der Waals surface area contributed by atoms with Crippen molar-refractivity contribution in [3.63, 3.8) is 0 Å². The normalized spacial score (nSPS) is 15.5. The van der Waals surface area contributed by atoms with Crippen molar-refractivity contribution < 1.29 is 9.53 Å². The molecule has 0 bridgehead atoms. The standard InChI is InChI=1S/C24H21N5O2/c1-14-18-5-3-4-6-20(18)27-24(26-14)29-23-25-13-19-21(28-23)11-16(12-22(19)30)15-7-9-17(31-2)10-8-15/h3-10,13,16H,11-12H2,1-2H3,(H,25,26,27,28,29). The zero-order valence-corrected chi connectivity index (χ0v) is 17.3. The highest BCUT2D eigenvalue weighted by Crippen LogP contribution is 2.33. The number of nitrogens with one attached hydrogen (secondary N) is 1. The highest BCUT2D eigenvalue weighted by atomic mass is 16.5. The van der Waals surface area contributed by atoms with Crippen molar-refractivity contribution in [3.8, 4) is 5.75 Å². The van der Waals surface area contributed by atoms with E-state index in [1.165, 1.54) is 0 Å². The number of benzene rings is 2. The van der Waals surface area contributed by atoms with Crippen LogP contribution in [0.25, 0.3) is 10.9 Å². The molecule has 2 aromatic heterocycles. The van der Waals surface area contributed by atoms with E-state index in [0.29, 0.717) is 30.3 Å². The van der Waals surface area contributed by atoms with Crippen LogP contribution >= 0.6 is 0 Å². The Bertz CT molecular complexity index is 1290. The highest BCUT2D eigenvalue weighted by Gasteiger charge is 2.28. The lowest BCUT2D eigenvalue weighted by molar-refractivity contribution is 0.0962. The molecule has 0 amide bonds. The molecule has 0 fully saturated rings. The van der Waals surface area contributed by atoms with Gasteiger partial charge in [0, 0.05) is 18.0 Å². The van der Waals surface area contributed by atoms with Crippen molar-refractivity contribution in [1.29, 1.82) is 0 Å². The monoisotopic (exact) mass is 411 g/mol. The minimum absolute atomic E-state index is 0.0615. The molecule has 1 N–H and O–H groups in total. The fourth-order valence-corrected chi connectivity index (χ4v) is 4.01. The van der Waals surface area contributed by atoms with Crippen molar-refractivity contribution in [2.45, 2.75) is 25.7 Å². The molecule has 2 heterocycles. The van der Waals surface area contributed by atoms with E-state index in [4.69, 9.17) is 4.74 Å². The Morgan fingerprint density at radius 1 is 0.968 bits per heavy atom. The predicted molar refractivity (Wildman–Crippen MR) is 118 cm³/mol. The number of carbonyl (C=O) groups is 1. The Morgan fingerprint density at radius 3 is 2.58 bits per heavy atom.